The summed E-state index contributed by atoms with van der Waals surface area (Å²) >= 11 is 0. The van der Waals surface area contributed by atoms with Crippen LogP contribution in [0.1, 0.15) is 38.7 Å². The maximum absolute atomic E-state index is 13.3. The highest BCUT2D eigenvalue weighted by Gasteiger charge is 2.44. The molecule has 1 saturated heterocycles. The fourth-order valence-electron chi connectivity index (χ4n) is 4.02. The molecule has 0 bridgehead atoms. The number of carboxylic acids is 2. The number of nitrogens with two attached hydrogens (primary N) is 1. The van der Waals surface area contributed by atoms with Crippen molar-refractivity contribution in [3.8, 4) is 0 Å². The van der Waals surface area contributed by atoms with E-state index in [1.807, 2.05) is 44.2 Å². The number of likely N-dealkylation sites (tertiary alicyclic amines) is 1. The Labute approximate surface area is 181 Å². The first-order valence-corrected chi connectivity index (χ1v) is 10.4. The van der Waals surface area contributed by atoms with Gasteiger partial charge in [-0.15, -0.1) is 0 Å². The summed E-state index contributed by atoms with van der Waals surface area (Å²) in [5, 5.41) is 21.4. The van der Waals surface area contributed by atoms with E-state index in [2.05, 4.69) is 5.32 Å². The largest absolute Gasteiger partial charge is 0.481 e. The number of benzene rings is 1. The van der Waals surface area contributed by atoms with Crippen LogP contribution in [-0.2, 0) is 25.6 Å². The molecule has 4 atom stereocenters. The van der Waals surface area contributed by atoms with E-state index in [1.54, 1.807) is 0 Å². The van der Waals surface area contributed by atoms with Crippen LogP contribution in [0.3, 0.4) is 0 Å². The zero-order chi connectivity index (χ0) is 23.1. The number of aliphatic carboxylic acids is 2. The molecule has 31 heavy (non-hydrogen) atoms. The summed E-state index contributed by atoms with van der Waals surface area (Å²) in [6.45, 7) is 3.99. The monoisotopic (exact) mass is 433 g/mol. The van der Waals surface area contributed by atoms with Gasteiger partial charge in [-0.2, -0.15) is 0 Å². The van der Waals surface area contributed by atoms with Gasteiger partial charge in [0.2, 0.25) is 11.8 Å². The van der Waals surface area contributed by atoms with Crippen LogP contribution in [0, 0.1) is 11.8 Å². The van der Waals surface area contributed by atoms with Crippen LogP contribution in [0.15, 0.2) is 30.3 Å². The molecule has 0 unspecified atom stereocenters. The molecule has 9 heteroatoms. The molecule has 1 aromatic rings. The van der Waals surface area contributed by atoms with Crippen LogP contribution in [0.2, 0.25) is 0 Å². The molecule has 1 aromatic carbocycles. The number of nitrogens with zero attached hydrogens (tertiary/aromatic N) is 1. The summed E-state index contributed by atoms with van der Waals surface area (Å²) < 4.78 is 0. The normalized spacial score (nSPS) is 20.3. The minimum atomic E-state index is -1.25. The van der Waals surface area contributed by atoms with Crippen LogP contribution < -0.4 is 11.1 Å². The van der Waals surface area contributed by atoms with Crippen molar-refractivity contribution in [3.05, 3.63) is 35.9 Å². The van der Waals surface area contributed by atoms with Gasteiger partial charge in [0.15, 0.2) is 0 Å². The Balaban J connectivity index is 2.25. The molecular formula is C22H31N3O6. The minimum Gasteiger partial charge on any atom is -0.481 e. The number of carbonyl (C=O) groups is 4. The van der Waals surface area contributed by atoms with Crippen molar-refractivity contribution in [3.63, 3.8) is 0 Å². The van der Waals surface area contributed by atoms with Gasteiger partial charge in [0.1, 0.15) is 12.1 Å². The fraction of sp³-hybridized carbons (Fsp3) is 0.545. The first-order chi connectivity index (χ1) is 14.6. The van der Waals surface area contributed by atoms with Gasteiger partial charge in [-0.25, -0.2) is 4.79 Å². The summed E-state index contributed by atoms with van der Waals surface area (Å²) in [7, 11) is 0. The minimum absolute atomic E-state index is 0.118. The Morgan fingerprint density at radius 1 is 1.16 bits per heavy atom. The predicted octanol–water partition coefficient (Wildman–Crippen LogP) is 0.864. The molecule has 1 aliphatic rings. The lowest BCUT2D eigenvalue weighted by molar-refractivity contribution is -0.151. The van der Waals surface area contributed by atoms with E-state index in [1.165, 1.54) is 4.90 Å². The average molecular weight is 434 g/mol. The Hall–Kier alpha value is -2.94. The number of rotatable bonds is 10. The molecular weight excluding hydrogens is 402 g/mol. The van der Waals surface area contributed by atoms with Crippen molar-refractivity contribution in [2.45, 2.75) is 57.7 Å². The molecule has 0 saturated carbocycles. The number of carboxylic acid groups (broad SMARTS) is 2. The van der Waals surface area contributed by atoms with Gasteiger partial charge in [0, 0.05) is 18.9 Å². The van der Waals surface area contributed by atoms with E-state index in [9.17, 15) is 24.3 Å². The third-order valence-corrected chi connectivity index (χ3v) is 5.46. The smallest absolute Gasteiger partial charge is 0.326 e. The fourth-order valence-corrected chi connectivity index (χ4v) is 4.02. The van der Waals surface area contributed by atoms with Gasteiger partial charge in [0.25, 0.3) is 0 Å². The van der Waals surface area contributed by atoms with E-state index < -0.39 is 47.8 Å². The second-order valence-corrected chi connectivity index (χ2v) is 8.45. The lowest BCUT2D eigenvalue weighted by Crippen LogP contribution is -2.56. The van der Waals surface area contributed by atoms with Crippen molar-refractivity contribution in [1.82, 2.24) is 10.2 Å². The number of nitrogens with one attached hydrogen (secondary N) is 1. The van der Waals surface area contributed by atoms with Crippen LogP contribution in [0.4, 0.5) is 0 Å². The van der Waals surface area contributed by atoms with Gasteiger partial charge in [-0.1, -0.05) is 44.2 Å². The number of carbonyl (C=O) groups excluding carboxylic acids is 2. The molecule has 170 valence electrons. The van der Waals surface area contributed by atoms with Crippen molar-refractivity contribution in [1.29, 1.82) is 0 Å². The molecule has 0 aliphatic carbocycles. The van der Waals surface area contributed by atoms with Crippen LogP contribution in [-0.4, -0.2) is 63.5 Å². The van der Waals surface area contributed by atoms with Crippen LogP contribution in [0.5, 0.6) is 0 Å². The quantitative estimate of drug-likeness (QED) is 0.427. The van der Waals surface area contributed by atoms with Gasteiger partial charge in [-0.05, 0) is 24.3 Å². The first-order valence-electron chi connectivity index (χ1n) is 10.4. The topological polar surface area (TPSA) is 150 Å². The average Bonchev–Trinajstić information content (AvgIpc) is 3.10. The van der Waals surface area contributed by atoms with Crippen molar-refractivity contribution < 1.29 is 29.4 Å². The molecule has 1 aliphatic heterocycles. The highest BCUT2D eigenvalue weighted by atomic mass is 16.4. The molecule has 9 nitrogen and oxygen atoms in total. The molecule has 2 rings (SSSR count). The van der Waals surface area contributed by atoms with Gasteiger partial charge < -0.3 is 26.2 Å². The zero-order valence-electron chi connectivity index (χ0n) is 17.9. The maximum atomic E-state index is 13.3. The van der Waals surface area contributed by atoms with Gasteiger partial charge in [-0.3, -0.25) is 14.4 Å². The third kappa shape index (κ3) is 6.78. The third-order valence-electron chi connectivity index (χ3n) is 5.46. The number of hydrogen-bond acceptors (Lipinski definition) is 5. The summed E-state index contributed by atoms with van der Waals surface area (Å²) in [6.07, 6.45) is 0.552. The summed E-state index contributed by atoms with van der Waals surface area (Å²) in [6, 6.07) is 6.03. The van der Waals surface area contributed by atoms with Crippen molar-refractivity contribution in [2.75, 3.05) is 6.54 Å². The predicted molar refractivity (Wildman–Crippen MR) is 113 cm³/mol. The molecule has 5 N–H and O–H groups in total. The second kappa shape index (κ2) is 10.9. The maximum Gasteiger partial charge on any atom is 0.326 e. The lowest BCUT2D eigenvalue weighted by atomic mass is 9.96. The molecule has 0 radical (unpaired) electrons. The van der Waals surface area contributed by atoms with Crippen LogP contribution >= 0.6 is 0 Å². The van der Waals surface area contributed by atoms with E-state index in [-0.39, 0.29) is 31.7 Å². The molecule has 0 aromatic heterocycles. The Morgan fingerprint density at radius 2 is 1.81 bits per heavy atom. The van der Waals surface area contributed by atoms with Crippen molar-refractivity contribution >= 4 is 23.8 Å². The van der Waals surface area contributed by atoms with Crippen LogP contribution in [0.25, 0.3) is 0 Å². The summed E-state index contributed by atoms with van der Waals surface area (Å²) in [4.78, 5) is 50.1. The van der Waals surface area contributed by atoms with Gasteiger partial charge >= 0.3 is 11.9 Å². The highest BCUT2D eigenvalue weighted by molar-refractivity contribution is 5.92. The molecule has 1 fully saturated rings. The summed E-state index contributed by atoms with van der Waals surface area (Å²) in [5.74, 6) is -3.88. The standard InChI is InChI=1S/C22H31N3O6/c1-13(2)10-16(23)20(28)24-17(11-14-6-4-3-5-7-14)21(29)25-9-8-15(12-18(26)27)19(25)22(30)31/h3-7,13,15-17,19H,8-12,23H2,1-2H3,(H,24,28)(H,26,27)(H,30,31)/t15-,16+,17+,19+/m1/s1. The Bertz CT molecular complexity index is 798. The number of amides is 2. The Morgan fingerprint density at radius 3 is 2.35 bits per heavy atom. The zero-order valence-corrected chi connectivity index (χ0v) is 17.9. The molecule has 2 amide bonds. The Kier molecular flexibility index (Phi) is 8.56. The van der Waals surface area contributed by atoms with E-state index in [4.69, 9.17) is 10.8 Å². The second-order valence-electron chi connectivity index (χ2n) is 8.45. The van der Waals surface area contributed by atoms with E-state index in [0.29, 0.717) is 6.42 Å². The molecule has 0 spiro atoms. The highest BCUT2D eigenvalue weighted by Crippen LogP contribution is 2.28. The first kappa shape index (κ1) is 24.3. The summed E-state index contributed by atoms with van der Waals surface area (Å²) in [5.41, 5.74) is 6.77. The van der Waals surface area contributed by atoms with E-state index in [0.717, 1.165) is 5.56 Å². The van der Waals surface area contributed by atoms with Gasteiger partial charge in [0.05, 0.1) is 12.5 Å². The number of hydrogen-bond donors (Lipinski definition) is 4. The van der Waals surface area contributed by atoms with E-state index >= 15 is 0 Å². The van der Waals surface area contributed by atoms with Crippen molar-refractivity contribution in [2.24, 2.45) is 17.6 Å². The lowest BCUT2D eigenvalue weighted by Gasteiger charge is -2.29. The molecule has 1 heterocycles. The SMILES string of the molecule is CC(C)C[C@H](N)C(=O)N[C@@H](Cc1ccccc1)C(=O)N1CC[C@H](CC(=O)O)[C@H]1C(=O)O.